The molecular formula is C21H34BrN3O4S. The first-order valence-electron chi connectivity index (χ1n) is 10.5. The highest BCUT2D eigenvalue weighted by Gasteiger charge is 2.75. The number of nitrogens with zero attached hydrogens (tertiary/aromatic N) is 1. The van der Waals surface area contributed by atoms with Crippen LogP contribution in [0.4, 0.5) is 0 Å². The number of hydrogen-bond donors (Lipinski definition) is 3. The summed E-state index contributed by atoms with van der Waals surface area (Å²) in [4.78, 5) is 41.3. The van der Waals surface area contributed by atoms with Crippen LogP contribution < -0.4 is 10.6 Å². The topological polar surface area (TPSA) is 98.7 Å². The number of amides is 3. The highest BCUT2D eigenvalue weighted by atomic mass is 79.9. The molecule has 2 bridgehead atoms. The van der Waals surface area contributed by atoms with Crippen molar-refractivity contribution in [1.82, 2.24) is 15.5 Å². The highest BCUT2D eigenvalue weighted by Crippen LogP contribution is 2.67. The van der Waals surface area contributed by atoms with Gasteiger partial charge in [-0.15, -0.1) is 11.8 Å². The Hall–Kier alpha value is -0.800. The summed E-state index contributed by atoms with van der Waals surface area (Å²) >= 11 is 5.32. The van der Waals surface area contributed by atoms with Gasteiger partial charge in [-0.3, -0.25) is 14.4 Å². The van der Waals surface area contributed by atoms with Crippen molar-refractivity contribution in [3.63, 3.8) is 0 Å². The van der Waals surface area contributed by atoms with Gasteiger partial charge in [-0.05, 0) is 32.1 Å². The van der Waals surface area contributed by atoms with Gasteiger partial charge in [0.2, 0.25) is 17.7 Å². The molecule has 0 aromatic heterocycles. The zero-order chi connectivity index (χ0) is 22.6. The van der Waals surface area contributed by atoms with Gasteiger partial charge in [0, 0.05) is 29.2 Å². The number of β-amino-alcohol motifs (C(OH)–C–C–N with tert-alkyl or cyclic N) is 1. The number of halogens is 1. The fraction of sp³-hybridized carbons (Fsp3) is 0.857. The molecule has 1 spiro atoms. The molecule has 3 aliphatic heterocycles. The van der Waals surface area contributed by atoms with Gasteiger partial charge in [-0.1, -0.05) is 36.7 Å². The number of alkyl halides is 1. The predicted octanol–water partition coefficient (Wildman–Crippen LogP) is 1.52. The first-order valence-corrected chi connectivity index (χ1v) is 12.3. The Morgan fingerprint density at radius 1 is 1.27 bits per heavy atom. The lowest BCUT2D eigenvalue weighted by Crippen LogP contribution is -2.59. The average Bonchev–Trinajstić information content (AvgIpc) is 3.16. The second kappa shape index (κ2) is 7.96. The zero-order valence-electron chi connectivity index (χ0n) is 18.6. The molecule has 3 rings (SSSR count). The summed E-state index contributed by atoms with van der Waals surface area (Å²) in [5.74, 6) is -1.57. The van der Waals surface area contributed by atoms with Crippen LogP contribution in [0.5, 0.6) is 0 Å². The van der Waals surface area contributed by atoms with Crippen LogP contribution in [-0.2, 0) is 14.4 Å². The molecule has 6 atom stereocenters. The lowest BCUT2D eigenvalue weighted by Gasteiger charge is -2.39. The minimum absolute atomic E-state index is 0.0275. The van der Waals surface area contributed by atoms with Gasteiger partial charge in [-0.25, -0.2) is 0 Å². The van der Waals surface area contributed by atoms with Crippen molar-refractivity contribution in [1.29, 1.82) is 0 Å². The van der Waals surface area contributed by atoms with Gasteiger partial charge in [0.15, 0.2) is 0 Å². The van der Waals surface area contributed by atoms with E-state index in [4.69, 9.17) is 0 Å². The minimum Gasteiger partial charge on any atom is -0.395 e. The Bertz CT molecular complexity index is 740. The summed E-state index contributed by atoms with van der Waals surface area (Å²) in [5.41, 5.74) is -0.424. The molecule has 3 saturated heterocycles. The van der Waals surface area contributed by atoms with Crippen molar-refractivity contribution in [3.05, 3.63) is 0 Å². The van der Waals surface area contributed by atoms with E-state index in [9.17, 15) is 19.5 Å². The Balaban J connectivity index is 1.97. The molecule has 0 aliphatic carbocycles. The Labute approximate surface area is 191 Å². The van der Waals surface area contributed by atoms with Crippen LogP contribution in [0.15, 0.2) is 0 Å². The molecule has 0 saturated carbocycles. The number of carbonyl (C=O) groups is 3. The third kappa shape index (κ3) is 3.90. The summed E-state index contributed by atoms with van der Waals surface area (Å²) < 4.78 is -0.663. The second-order valence-electron chi connectivity index (χ2n) is 10.6. The maximum atomic E-state index is 13.6. The zero-order valence-corrected chi connectivity index (χ0v) is 21.0. The Kier molecular flexibility index (Phi) is 6.33. The molecule has 0 aromatic carbocycles. The van der Waals surface area contributed by atoms with E-state index in [1.54, 1.807) is 18.8 Å². The molecule has 3 fully saturated rings. The third-order valence-corrected chi connectivity index (χ3v) is 9.58. The monoisotopic (exact) mass is 503 g/mol. The fourth-order valence-electron chi connectivity index (χ4n) is 6.02. The molecule has 7 nitrogen and oxygen atoms in total. The maximum Gasteiger partial charge on any atom is 0.244 e. The molecule has 170 valence electrons. The SMILES string of the molecule is CNC(=O)[C@H]1[C@H]2C(=O)N(CCO)C(C(=O)NC(C)(C)CC(C)(C)C)C23CC(Br)[C@@H]1S3. The quantitative estimate of drug-likeness (QED) is 0.477. The summed E-state index contributed by atoms with van der Waals surface area (Å²) in [6, 6.07) is -0.703. The number of aliphatic hydroxyl groups excluding tert-OH is 1. The molecule has 30 heavy (non-hydrogen) atoms. The lowest BCUT2D eigenvalue weighted by molar-refractivity contribution is -0.140. The summed E-state index contributed by atoms with van der Waals surface area (Å²) in [7, 11) is 1.58. The van der Waals surface area contributed by atoms with E-state index in [1.165, 1.54) is 4.90 Å². The van der Waals surface area contributed by atoms with E-state index in [0.717, 1.165) is 6.42 Å². The Morgan fingerprint density at radius 3 is 2.43 bits per heavy atom. The number of rotatable bonds is 6. The molecule has 3 heterocycles. The van der Waals surface area contributed by atoms with E-state index in [-0.39, 0.29) is 46.4 Å². The molecule has 3 N–H and O–H groups in total. The van der Waals surface area contributed by atoms with Crippen molar-refractivity contribution in [2.75, 3.05) is 20.2 Å². The van der Waals surface area contributed by atoms with E-state index in [2.05, 4.69) is 47.3 Å². The van der Waals surface area contributed by atoms with Gasteiger partial charge in [0.25, 0.3) is 0 Å². The molecule has 3 aliphatic rings. The van der Waals surface area contributed by atoms with Gasteiger partial charge in [-0.2, -0.15) is 0 Å². The van der Waals surface area contributed by atoms with Gasteiger partial charge in [0.05, 0.1) is 23.2 Å². The van der Waals surface area contributed by atoms with E-state index < -0.39 is 28.2 Å². The number of aliphatic hydroxyl groups is 1. The number of likely N-dealkylation sites (tertiary alicyclic amines) is 1. The number of hydrogen-bond acceptors (Lipinski definition) is 5. The summed E-state index contributed by atoms with van der Waals surface area (Å²) in [6.45, 7) is 10.3. The van der Waals surface area contributed by atoms with Crippen molar-refractivity contribution >= 4 is 45.4 Å². The predicted molar refractivity (Wildman–Crippen MR) is 121 cm³/mol. The van der Waals surface area contributed by atoms with Crippen LogP contribution in [0.25, 0.3) is 0 Å². The molecular weight excluding hydrogens is 470 g/mol. The molecule has 0 aromatic rings. The largest absolute Gasteiger partial charge is 0.395 e. The first kappa shape index (κ1) is 23.9. The summed E-state index contributed by atoms with van der Waals surface area (Å²) in [5, 5.41) is 15.5. The van der Waals surface area contributed by atoms with E-state index in [1.807, 2.05) is 13.8 Å². The smallest absolute Gasteiger partial charge is 0.244 e. The molecule has 3 unspecified atom stereocenters. The van der Waals surface area contributed by atoms with E-state index >= 15 is 0 Å². The van der Waals surface area contributed by atoms with Crippen LogP contribution in [-0.4, -0.2) is 74.3 Å². The van der Waals surface area contributed by atoms with Gasteiger partial charge < -0.3 is 20.6 Å². The van der Waals surface area contributed by atoms with Crippen LogP contribution in [0.1, 0.15) is 47.5 Å². The average molecular weight is 504 g/mol. The standard InChI is InChI=1S/C21H34BrN3O4S/c1-19(2,3)10-20(4,5)24-17(28)15-21-9-11(22)14(30-21)12(16(27)23-6)13(21)18(29)25(15)7-8-26/h11-15,26H,7-10H2,1-6H3,(H,23,27)(H,24,28)/t11?,12-,13-,14-,15?,21?/m0/s1. The normalized spacial score (nSPS) is 35.5. The van der Waals surface area contributed by atoms with Crippen molar-refractivity contribution in [2.45, 2.75) is 73.9 Å². The van der Waals surface area contributed by atoms with Crippen LogP contribution in [0.3, 0.4) is 0 Å². The highest BCUT2D eigenvalue weighted by molar-refractivity contribution is 9.09. The maximum absolute atomic E-state index is 13.6. The first-order chi connectivity index (χ1) is 13.8. The fourth-order valence-corrected chi connectivity index (χ4v) is 9.63. The summed E-state index contributed by atoms with van der Waals surface area (Å²) in [6.07, 6.45) is 1.42. The molecule has 0 radical (unpaired) electrons. The molecule has 3 amide bonds. The van der Waals surface area contributed by atoms with Crippen molar-refractivity contribution in [3.8, 4) is 0 Å². The number of carbonyl (C=O) groups excluding carboxylic acids is 3. The van der Waals surface area contributed by atoms with Crippen LogP contribution in [0, 0.1) is 17.3 Å². The van der Waals surface area contributed by atoms with Crippen LogP contribution >= 0.6 is 27.7 Å². The minimum atomic E-state index is -0.703. The van der Waals surface area contributed by atoms with E-state index in [0.29, 0.717) is 6.42 Å². The molecule has 9 heteroatoms. The van der Waals surface area contributed by atoms with Crippen molar-refractivity contribution < 1.29 is 19.5 Å². The number of fused-ring (bicyclic) bond motifs is 1. The van der Waals surface area contributed by atoms with Gasteiger partial charge in [0.1, 0.15) is 6.04 Å². The van der Waals surface area contributed by atoms with Crippen molar-refractivity contribution in [2.24, 2.45) is 17.3 Å². The number of nitrogens with one attached hydrogen (secondary N) is 2. The number of thioether (sulfide) groups is 1. The lowest BCUT2D eigenvalue weighted by atomic mass is 9.70. The Morgan fingerprint density at radius 2 is 1.90 bits per heavy atom. The third-order valence-electron chi connectivity index (χ3n) is 6.36. The van der Waals surface area contributed by atoms with Gasteiger partial charge >= 0.3 is 0 Å². The van der Waals surface area contributed by atoms with Crippen LogP contribution in [0.2, 0.25) is 0 Å². The second-order valence-corrected chi connectivity index (χ2v) is 13.4.